The lowest BCUT2D eigenvalue weighted by molar-refractivity contribution is 0.596. The van der Waals surface area contributed by atoms with E-state index in [1.165, 1.54) is 21.9 Å². The van der Waals surface area contributed by atoms with E-state index in [1.807, 2.05) is 0 Å². The van der Waals surface area contributed by atoms with Crippen LogP contribution >= 0.6 is 22.9 Å². The monoisotopic (exact) mass is 343 g/mol. The van der Waals surface area contributed by atoms with Crippen LogP contribution in [0.5, 0.6) is 0 Å². The molecule has 0 unspecified atom stereocenters. The summed E-state index contributed by atoms with van der Waals surface area (Å²) in [6.45, 7) is 0. The number of aromatic nitrogens is 4. The van der Waals surface area contributed by atoms with Gasteiger partial charge in [-0.1, -0.05) is 11.6 Å². The molecule has 0 aromatic carbocycles. The number of H-pyrrole nitrogens is 1. The van der Waals surface area contributed by atoms with Crippen LogP contribution in [-0.2, 0) is 10.0 Å². The molecule has 0 radical (unpaired) electrons. The van der Waals surface area contributed by atoms with Gasteiger partial charge in [0.25, 0.3) is 10.0 Å². The van der Waals surface area contributed by atoms with Gasteiger partial charge in [0, 0.05) is 17.5 Å². The van der Waals surface area contributed by atoms with Crippen LogP contribution in [0.15, 0.2) is 22.8 Å². The number of nitrogens with one attached hydrogen (secondary N) is 2. The van der Waals surface area contributed by atoms with Gasteiger partial charge in [0.2, 0.25) is 0 Å². The predicted molar refractivity (Wildman–Crippen MR) is 79.5 cm³/mol. The molecule has 1 saturated carbocycles. The van der Waals surface area contributed by atoms with Crippen molar-refractivity contribution in [2.75, 3.05) is 4.72 Å². The molecular formula is C11H10ClN5O2S2. The van der Waals surface area contributed by atoms with E-state index >= 15 is 0 Å². The third kappa shape index (κ3) is 2.12. The van der Waals surface area contributed by atoms with Crippen molar-refractivity contribution in [3.63, 3.8) is 0 Å². The van der Waals surface area contributed by atoms with Gasteiger partial charge in [0.15, 0.2) is 15.1 Å². The van der Waals surface area contributed by atoms with Crippen LogP contribution in [0.1, 0.15) is 24.5 Å². The number of rotatable bonds is 4. The molecule has 3 aromatic heterocycles. The Kier molecular flexibility index (Phi) is 2.78. The predicted octanol–water partition coefficient (Wildman–Crippen LogP) is 2.45. The van der Waals surface area contributed by atoms with Gasteiger partial charge in [-0.2, -0.15) is 13.5 Å². The summed E-state index contributed by atoms with van der Waals surface area (Å²) >= 11 is 7.30. The van der Waals surface area contributed by atoms with Gasteiger partial charge in [-0.15, -0.1) is 11.3 Å². The molecule has 0 saturated heterocycles. The summed E-state index contributed by atoms with van der Waals surface area (Å²) in [7, 11) is -3.83. The lowest BCUT2D eigenvalue weighted by atomic mass is 10.3. The van der Waals surface area contributed by atoms with Gasteiger partial charge in [0.05, 0.1) is 17.6 Å². The Bertz CT molecular complexity index is 922. The fourth-order valence-corrected chi connectivity index (χ4v) is 4.75. The first kappa shape index (κ1) is 13.1. The minimum atomic E-state index is -3.83. The number of hydrogen-bond acceptors (Lipinski definition) is 5. The van der Waals surface area contributed by atoms with Crippen LogP contribution in [0.3, 0.4) is 0 Å². The van der Waals surface area contributed by atoms with Crippen molar-refractivity contribution >= 4 is 43.6 Å². The topological polar surface area (TPSA) is 92.1 Å². The van der Waals surface area contributed by atoms with Crippen LogP contribution in [0.25, 0.3) is 4.96 Å². The summed E-state index contributed by atoms with van der Waals surface area (Å²) in [5.41, 5.74) is 1.29. The summed E-state index contributed by atoms with van der Waals surface area (Å²) in [5, 5.41) is 8.44. The molecule has 0 atom stereocenters. The van der Waals surface area contributed by atoms with Crippen molar-refractivity contribution in [2.45, 2.75) is 23.8 Å². The maximum Gasteiger partial charge on any atom is 0.281 e. The molecule has 0 aliphatic heterocycles. The smallest absolute Gasteiger partial charge is 0.280 e. The zero-order chi connectivity index (χ0) is 14.6. The van der Waals surface area contributed by atoms with E-state index < -0.39 is 10.0 Å². The van der Waals surface area contributed by atoms with Crippen molar-refractivity contribution < 1.29 is 8.42 Å². The van der Waals surface area contributed by atoms with E-state index in [2.05, 4.69) is 19.9 Å². The lowest BCUT2D eigenvalue weighted by Crippen LogP contribution is -2.15. The average molecular weight is 344 g/mol. The number of aromatic amines is 1. The second-order valence-electron chi connectivity index (χ2n) is 4.84. The summed E-state index contributed by atoms with van der Waals surface area (Å²) in [5.74, 6) is 0.354. The standard InChI is InChI=1S/C11H10ClN5O2S2/c12-9-10(17-3-4-20-11(17)14-9)21(18,19)16-7-5-13-15-8(7)6-1-2-6/h3-6,16H,1-2H2,(H,13,15). The summed E-state index contributed by atoms with van der Waals surface area (Å²) in [6, 6.07) is 0. The van der Waals surface area contributed by atoms with Gasteiger partial charge >= 0.3 is 0 Å². The molecule has 0 amide bonds. The Hall–Kier alpha value is -1.58. The number of halogens is 1. The summed E-state index contributed by atoms with van der Waals surface area (Å²) in [6.07, 6.45) is 5.19. The SMILES string of the molecule is O=S(=O)(Nc1cn[nH]c1C1CC1)c1c(Cl)nc2sccn12. The number of anilines is 1. The van der Waals surface area contributed by atoms with Crippen molar-refractivity contribution in [1.82, 2.24) is 19.6 Å². The second kappa shape index (κ2) is 4.46. The summed E-state index contributed by atoms with van der Waals surface area (Å²) in [4.78, 5) is 4.58. The Balaban J connectivity index is 1.77. The van der Waals surface area contributed by atoms with Crippen molar-refractivity contribution in [3.05, 3.63) is 28.6 Å². The first-order chi connectivity index (χ1) is 10.1. The van der Waals surface area contributed by atoms with E-state index in [0.717, 1.165) is 18.5 Å². The van der Waals surface area contributed by atoms with Crippen LogP contribution in [0.4, 0.5) is 5.69 Å². The van der Waals surface area contributed by atoms with Crippen LogP contribution < -0.4 is 4.72 Å². The van der Waals surface area contributed by atoms with Gasteiger partial charge < -0.3 is 0 Å². The highest BCUT2D eigenvalue weighted by Gasteiger charge is 2.31. The number of fused-ring (bicyclic) bond motifs is 1. The number of thiazole rings is 1. The Labute approximate surface area is 129 Å². The normalized spacial score (nSPS) is 15.7. The minimum absolute atomic E-state index is 0.0363. The fourth-order valence-electron chi connectivity index (χ4n) is 2.23. The van der Waals surface area contributed by atoms with Gasteiger partial charge in [-0.25, -0.2) is 4.98 Å². The van der Waals surface area contributed by atoms with Gasteiger partial charge in [-0.3, -0.25) is 14.2 Å². The first-order valence-corrected chi connectivity index (χ1v) is 8.97. The van der Waals surface area contributed by atoms with Crippen molar-refractivity contribution in [1.29, 1.82) is 0 Å². The van der Waals surface area contributed by atoms with Crippen LogP contribution in [-0.4, -0.2) is 28.0 Å². The highest BCUT2D eigenvalue weighted by Crippen LogP contribution is 2.42. The number of hydrogen-bond donors (Lipinski definition) is 2. The quantitative estimate of drug-likeness (QED) is 0.761. The molecule has 1 aliphatic carbocycles. The highest BCUT2D eigenvalue weighted by molar-refractivity contribution is 7.92. The molecular weight excluding hydrogens is 334 g/mol. The van der Waals surface area contributed by atoms with Crippen molar-refractivity contribution in [2.24, 2.45) is 0 Å². The van der Waals surface area contributed by atoms with E-state index in [4.69, 9.17) is 11.6 Å². The summed E-state index contributed by atoms with van der Waals surface area (Å²) < 4.78 is 29.2. The van der Waals surface area contributed by atoms with E-state index in [1.54, 1.807) is 11.6 Å². The first-order valence-electron chi connectivity index (χ1n) is 6.23. The van der Waals surface area contributed by atoms with E-state index in [-0.39, 0.29) is 10.2 Å². The zero-order valence-corrected chi connectivity index (χ0v) is 13.0. The molecule has 21 heavy (non-hydrogen) atoms. The molecule has 10 heteroatoms. The van der Waals surface area contributed by atoms with Crippen molar-refractivity contribution in [3.8, 4) is 0 Å². The van der Waals surface area contributed by atoms with Gasteiger partial charge in [0.1, 0.15) is 0 Å². The lowest BCUT2D eigenvalue weighted by Gasteiger charge is -2.07. The molecule has 3 heterocycles. The molecule has 0 bridgehead atoms. The minimum Gasteiger partial charge on any atom is -0.280 e. The van der Waals surface area contributed by atoms with Crippen LogP contribution in [0.2, 0.25) is 5.15 Å². The molecule has 0 spiro atoms. The molecule has 3 aromatic rings. The molecule has 1 fully saturated rings. The number of nitrogens with zero attached hydrogens (tertiary/aromatic N) is 3. The largest absolute Gasteiger partial charge is 0.281 e. The molecule has 110 valence electrons. The van der Waals surface area contributed by atoms with E-state index in [0.29, 0.717) is 16.6 Å². The molecule has 1 aliphatic rings. The van der Waals surface area contributed by atoms with Crippen LogP contribution in [0, 0.1) is 0 Å². The Morgan fingerprint density at radius 3 is 3.05 bits per heavy atom. The third-order valence-electron chi connectivity index (χ3n) is 3.33. The molecule has 4 rings (SSSR count). The zero-order valence-electron chi connectivity index (χ0n) is 10.6. The number of sulfonamides is 1. The maximum absolute atomic E-state index is 12.6. The molecule has 2 N–H and O–H groups in total. The van der Waals surface area contributed by atoms with Gasteiger partial charge in [-0.05, 0) is 12.8 Å². The Morgan fingerprint density at radius 1 is 1.48 bits per heavy atom. The second-order valence-corrected chi connectivity index (χ2v) is 7.67. The Morgan fingerprint density at radius 2 is 2.29 bits per heavy atom. The average Bonchev–Trinajstić information content (AvgIpc) is 2.83. The molecule has 7 nitrogen and oxygen atoms in total. The van der Waals surface area contributed by atoms with E-state index in [9.17, 15) is 8.42 Å². The maximum atomic E-state index is 12.6. The highest BCUT2D eigenvalue weighted by atomic mass is 35.5. The third-order valence-corrected chi connectivity index (χ3v) is 5.85. The fraction of sp³-hybridized carbons (Fsp3) is 0.273. The number of imidazole rings is 1.